The molecule has 21 heavy (non-hydrogen) atoms. The molecule has 1 heterocycles. The number of piperidine rings is 1. The Kier molecular flexibility index (Phi) is 5.08. The van der Waals surface area contributed by atoms with Gasteiger partial charge in [-0.2, -0.15) is 0 Å². The Morgan fingerprint density at radius 2 is 2.05 bits per heavy atom. The lowest BCUT2D eigenvalue weighted by atomic mass is 10.1. The second-order valence-electron chi connectivity index (χ2n) is 5.07. The fraction of sp³-hybridized carbons (Fsp3) is 0.571. The molecule has 1 aliphatic rings. The van der Waals surface area contributed by atoms with E-state index in [-0.39, 0.29) is 4.90 Å². The van der Waals surface area contributed by atoms with Gasteiger partial charge in [-0.3, -0.25) is 0 Å². The molecule has 0 unspecified atom stereocenters. The molecule has 1 aromatic carbocycles. The van der Waals surface area contributed by atoms with Gasteiger partial charge in [0.2, 0.25) is 10.0 Å². The molecular weight excluding hydrogens is 290 g/mol. The highest BCUT2D eigenvalue weighted by Crippen LogP contribution is 2.29. The van der Waals surface area contributed by atoms with E-state index in [0.717, 1.165) is 38.2 Å². The highest BCUT2D eigenvalue weighted by atomic mass is 32.2. The first-order chi connectivity index (χ1) is 9.97. The predicted molar refractivity (Wildman–Crippen MR) is 84.0 cm³/mol. The Labute approximate surface area is 126 Å². The van der Waals surface area contributed by atoms with Gasteiger partial charge < -0.3 is 15.4 Å². The fourth-order valence-electron chi connectivity index (χ4n) is 2.60. The quantitative estimate of drug-likeness (QED) is 0.798. The number of anilines is 2. The van der Waals surface area contributed by atoms with E-state index in [2.05, 4.69) is 9.62 Å². The van der Waals surface area contributed by atoms with Crippen LogP contribution in [0.3, 0.4) is 0 Å². The number of ether oxygens (including phenoxy) is 1. The van der Waals surface area contributed by atoms with E-state index in [0.29, 0.717) is 11.8 Å². The molecule has 0 aromatic heterocycles. The van der Waals surface area contributed by atoms with E-state index in [1.54, 1.807) is 12.1 Å². The Morgan fingerprint density at radius 3 is 2.57 bits per heavy atom. The van der Waals surface area contributed by atoms with Crippen molar-refractivity contribution in [2.75, 3.05) is 37.4 Å². The summed E-state index contributed by atoms with van der Waals surface area (Å²) in [6.07, 6.45) is 2.24. The maximum absolute atomic E-state index is 11.8. The number of sulfonamides is 1. The number of hydrogen-bond donors (Lipinski definition) is 2. The van der Waals surface area contributed by atoms with Gasteiger partial charge in [-0.25, -0.2) is 13.1 Å². The molecule has 0 atom stereocenters. The molecule has 6 nitrogen and oxygen atoms in total. The lowest BCUT2D eigenvalue weighted by molar-refractivity contribution is 0.0459. The van der Waals surface area contributed by atoms with Gasteiger partial charge in [-0.15, -0.1) is 0 Å². The van der Waals surface area contributed by atoms with Crippen molar-refractivity contribution in [1.82, 2.24) is 4.72 Å². The number of nitrogens with one attached hydrogen (secondary N) is 1. The van der Waals surface area contributed by atoms with Crippen LogP contribution >= 0.6 is 0 Å². The number of nitrogens with zero attached hydrogens (tertiary/aromatic N) is 1. The Hall–Kier alpha value is -1.31. The maximum atomic E-state index is 11.8. The molecule has 118 valence electrons. The summed E-state index contributed by atoms with van der Waals surface area (Å²) in [6, 6.07) is 4.88. The average Bonchev–Trinajstić information content (AvgIpc) is 2.48. The summed E-state index contributed by atoms with van der Waals surface area (Å²) in [5.41, 5.74) is 7.41. The molecular formula is C14H23N3O3S. The minimum atomic E-state index is -3.45. The molecule has 1 saturated heterocycles. The first-order valence-electron chi connectivity index (χ1n) is 7.17. The third kappa shape index (κ3) is 3.66. The summed E-state index contributed by atoms with van der Waals surface area (Å²) < 4.78 is 31.4. The molecule has 3 N–H and O–H groups in total. The van der Waals surface area contributed by atoms with E-state index in [9.17, 15) is 8.42 Å². The lowest BCUT2D eigenvalue weighted by Gasteiger charge is -2.34. The van der Waals surface area contributed by atoms with E-state index < -0.39 is 10.0 Å². The predicted octanol–water partition coefficient (Wildman–Crippen LogP) is 1.18. The van der Waals surface area contributed by atoms with Crippen LogP contribution in [0.15, 0.2) is 23.1 Å². The number of nitrogen functional groups attached to an aromatic ring is 1. The fourth-order valence-corrected chi connectivity index (χ4v) is 3.37. The molecule has 1 aliphatic heterocycles. The van der Waals surface area contributed by atoms with Gasteiger partial charge >= 0.3 is 0 Å². The highest BCUT2D eigenvalue weighted by molar-refractivity contribution is 7.89. The van der Waals surface area contributed by atoms with Crippen LogP contribution in [0.4, 0.5) is 11.4 Å². The molecule has 0 spiro atoms. The van der Waals surface area contributed by atoms with Gasteiger partial charge in [0.25, 0.3) is 0 Å². The second-order valence-corrected chi connectivity index (χ2v) is 6.96. The third-order valence-corrected chi connectivity index (χ3v) is 5.18. The molecule has 0 aliphatic carbocycles. The summed E-state index contributed by atoms with van der Waals surface area (Å²) in [6.45, 7) is 4.48. The van der Waals surface area contributed by atoms with E-state index in [4.69, 9.17) is 10.5 Å². The van der Waals surface area contributed by atoms with Crippen LogP contribution in [-0.2, 0) is 14.8 Å². The number of benzene rings is 1. The van der Waals surface area contributed by atoms with Crippen molar-refractivity contribution in [3.63, 3.8) is 0 Å². The van der Waals surface area contributed by atoms with Gasteiger partial charge in [-0.05, 0) is 45.0 Å². The van der Waals surface area contributed by atoms with Gasteiger partial charge in [0.15, 0.2) is 0 Å². The van der Waals surface area contributed by atoms with Crippen molar-refractivity contribution in [1.29, 1.82) is 0 Å². The molecule has 7 heteroatoms. The van der Waals surface area contributed by atoms with Crippen LogP contribution in [0.25, 0.3) is 0 Å². The van der Waals surface area contributed by atoms with Crippen molar-refractivity contribution < 1.29 is 13.2 Å². The van der Waals surface area contributed by atoms with Gasteiger partial charge in [0, 0.05) is 19.7 Å². The minimum absolute atomic E-state index is 0.190. The molecule has 1 aromatic rings. The Morgan fingerprint density at radius 1 is 1.38 bits per heavy atom. The zero-order valence-electron chi connectivity index (χ0n) is 12.5. The zero-order chi connectivity index (χ0) is 15.5. The zero-order valence-corrected chi connectivity index (χ0v) is 13.3. The van der Waals surface area contributed by atoms with Crippen molar-refractivity contribution in [3.05, 3.63) is 18.2 Å². The number of hydrogen-bond acceptors (Lipinski definition) is 5. The monoisotopic (exact) mass is 313 g/mol. The van der Waals surface area contributed by atoms with Crippen molar-refractivity contribution in [2.24, 2.45) is 0 Å². The first kappa shape index (κ1) is 16.1. The van der Waals surface area contributed by atoms with E-state index in [1.165, 1.54) is 13.1 Å². The summed E-state index contributed by atoms with van der Waals surface area (Å²) in [5.74, 6) is 0. The smallest absolute Gasteiger partial charge is 0.240 e. The Bertz CT molecular complexity index is 581. The minimum Gasteiger partial charge on any atom is -0.397 e. The molecule has 1 fully saturated rings. The molecule has 2 rings (SSSR count). The van der Waals surface area contributed by atoms with E-state index >= 15 is 0 Å². The highest BCUT2D eigenvalue weighted by Gasteiger charge is 2.22. The van der Waals surface area contributed by atoms with Gasteiger partial charge in [0.1, 0.15) is 0 Å². The third-order valence-electron chi connectivity index (χ3n) is 3.76. The van der Waals surface area contributed by atoms with E-state index in [1.807, 2.05) is 6.92 Å². The summed E-state index contributed by atoms with van der Waals surface area (Å²) in [7, 11) is -2.07. The van der Waals surface area contributed by atoms with Crippen molar-refractivity contribution in [2.45, 2.75) is 30.8 Å². The van der Waals surface area contributed by atoms with Crippen molar-refractivity contribution in [3.8, 4) is 0 Å². The molecule has 0 bridgehead atoms. The van der Waals surface area contributed by atoms with Crippen LogP contribution in [0.5, 0.6) is 0 Å². The molecule has 0 radical (unpaired) electrons. The van der Waals surface area contributed by atoms with Crippen LogP contribution < -0.4 is 15.4 Å². The Balaban J connectivity index is 2.12. The summed E-state index contributed by atoms with van der Waals surface area (Å²) in [4.78, 5) is 2.37. The molecule has 0 amide bonds. The normalized spacial score (nSPS) is 17.1. The van der Waals surface area contributed by atoms with Crippen molar-refractivity contribution >= 4 is 21.4 Å². The summed E-state index contributed by atoms with van der Waals surface area (Å²) in [5, 5.41) is 0. The van der Waals surface area contributed by atoms with Crippen LogP contribution in [0.2, 0.25) is 0 Å². The second kappa shape index (κ2) is 6.64. The standard InChI is InChI=1S/C14H23N3O3S/c1-3-20-11-6-8-17(9-7-11)14-5-4-12(10-13(14)15)21(18,19)16-2/h4-5,10-11,16H,3,6-9,15H2,1-2H3. The van der Waals surface area contributed by atoms with Gasteiger partial charge in [-0.1, -0.05) is 0 Å². The average molecular weight is 313 g/mol. The van der Waals surface area contributed by atoms with Crippen LogP contribution in [-0.4, -0.2) is 41.3 Å². The summed E-state index contributed by atoms with van der Waals surface area (Å²) >= 11 is 0. The van der Waals surface area contributed by atoms with Gasteiger partial charge in [0.05, 0.1) is 22.4 Å². The lowest BCUT2D eigenvalue weighted by Crippen LogP contribution is -2.37. The molecule has 0 saturated carbocycles. The topological polar surface area (TPSA) is 84.7 Å². The first-order valence-corrected chi connectivity index (χ1v) is 8.66. The number of rotatable bonds is 5. The maximum Gasteiger partial charge on any atom is 0.240 e. The SMILES string of the molecule is CCOC1CCN(c2ccc(S(=O)(=O)NC)cc2N)CC1. The van der Waals surface area contributed by atoms with Crippen LogP contribution in [0.1, 0.15) is 19.8 Å². The largest absolute Gasteiger partial charge is 0.397 e. The van der Waals surface area contributed by atoms with Crippen LogP contribution in [0, 0.1) is 0 Å². The number of nitrogens with two attached hydrogens (primary N) is 1.